The lowest BCUT2D eigenvalue weighted by Gasteiger charge is -2.38. The van der Waals surface area contributed by atoms with Crippen molar-refractivity contribution in [1.82, 2.24) is 4.90 Å². The zero-order valence-electron chi connectivity index (χ0n) is 10.0. The minimum Gasteiger partial charge on any atom is -0.342 e. The highest BCUT2D eigenvalue weighted by Gasteiger charge is 2.32. The van der Waals surface area contributed by atoms with Crippen molar-refractivity contribution < 1.29 is 4.79 Å². The van der Waals surface area contributed by atoms with Crippen LogP contribution in [0.1, 0.15) is 46.0 Å². The molecule has 1 aliphatic heterocycles. The third-order valence-electron chi connectivity index (χ3n) is 4.17. The number of rotatable bonds is 2. The molecule has 1 saturated heterocycles. The summed E-state index contributed by atoms with van der Waals surface area (Å²) in [5.74, 6) is 2.30. The summed E-state index contributed by atoms with van der Waals surface area (Å²) in [5, 5.41) is 0. The Bertz CT molecular complexity index is 233. The maximum atomic E-state index is 12.1. The molecule has 2 fully saturated rings. The van der Waals surface area contributed by atoms with Gasteiger partial charge in [0.05, 0.1) is 0 Å². The number of carbonyl (C=O) groups excluding carboxylic acids is 1. The average Bonchev–Trinajstić information content (AvgIpc) is 2.15. The van der Waals surface area contributed by atoms with Gasteiger partial charge >= 0.3 is 0 Å². The number of hydrogen-bond acceptors (Lipinski definition) is 1. The molecule has 2 rings (SSSR count). The molecule has 1 saturated carbocycles. The molecule has 0 aromatic heterocycles. The van der Waals surface area contributed by atoms with Gasteiger partial charge in [-0.25, -0.2) is 0 Å². The molecular formula is C13H23NO. The van der Waals surface area contributed by atoms with Crippen LogP contribution in [0.2, 0.25) is 0 Å². The minimum atomic E-state index is 0.385. The first-order valence-corrected chi connectivity index (χ1v) is 6.47. The van der Waals surface area contributed by atoms with Crippen LogP contribution < -0.4 is 0 Å². The number of nitrogens with zero attached hydrogens (tertiary/aromatic N) is 1. The highest BCUT2D eigenvalue weighted by atomic mass is 16.2. The third kappa shape index (κ3) is 2.35. The van der Waals surface area contributed by atoms with Crippen molar-refractivity contribution in [1.29, 1.82) is 0 Å². The van der Waals surface area contributed by atoms with Gasteiger partial charge in [0, 0.05) is 19.0 Å². The average molecular weight is 209 g/mol. The summed E-state index contributed by atoms with van der Waals surface area (Å²) in [6.45, 7) is 6.59. The molecule has 15 heavy (non-hydrogen) atoms. The van der Waals surface area contributed by atoms with Crippen molar-refractivity contribution in [2.24, 2.45) is 17.8 Å². The minimum absolute atomic E-state index is 0.385. The second-order valence-corrected chi connectivity index (χ2v) is 5.56. The van der Waals surface area contributed by atoms with E-state index in [2.05, 4.69) is 18.7 Å². The number of hydrogen-bond donors (Lipinski definition) is 0. The smallest absolute Gasteiger partial charge is 0.225 e. The molecule has 0 aromatic rings. The van der Waals surface area contributed by atoms with E-state index < -0.39 is 0 Å². The van der Waals surface area contributed by atoms with Gasteiger partial charge < -0.3 is 4.90 Å². The van der Waals surface area contributed by atoms with Crippen molar-refractivity contribution in [2.45, 2.75) is 46.0 Å². The Morgan fingerprint density at radius 3 is 2.47 bits per heavy atom. The summed E-state index contributed by atoms with van der Waals surface area (Å²) in [5.41, 5.74) is 0. The van der Waals surface area contributed by atoms with Gasteiger partial charge in [-0.3, -0.25) is 4.79 Å². The van der Waals surface area contributed by atoms with E-state index in [1.54, 1.807) is 0 Å². The van der Waals surface area contributed by atoms with Gasteiger partial charge in [0.15, 0.2) is 0 Å². The summed E-state index contributed by atoms with van der Waals surface area (Å²) in [4.78, 5) is 14.2. The summed E-state index contributed by atoms with van der Waals surface area (Å²) in [6.07, 6.45) is 6.06. The SMILES string of the molecule is CC(C)[C@@H]1CCCN(C(=O)C2CCC2)C1. The first-order valence-electron chi connectivity index (χ1n) is 6.47. The summed E-state index contributed by atoms with van der Waals surface area (Å²) < 4.78 is 0. The summed E-state index contributed by atoms with van der Waals surface area (Å²) in [6, 6.07) is 0. The zero-order chi connectivity index (χ0) is 10.8. The highest BCUT2D eigenvalue weighted by Crippen LogP contribution is 2.31. The third-order valence-corrected chi connectivity index (χ3v) is 4.17. The molecule has 2 heteroatoms. The topological polar surface area (TPSA) is 20.3 Å². The van der Waals surface area contributed by atoms with Crippen LogP contribution in [0.4, 0.5) is 0 Å². The van der Waals surface area contributed by atoms with Crippen LogP contribution in [-0.2, 0) is 4.79 Å². The molecular weight excluding hydrogens is 186 g/mol. The molecule has 0 bridgehead atoms. The first kappa shape index (κ1) is 11.0. The lowest BCUT2D eigenvalue weighted by atomic mass is 9.82. The molecule has 1 amide bonds. The normalized spacial score (nSPS) is 27.9. The first-order chi connectivity index (χ1) is 7.18. The quantitative estimate of drug-likeness (QED) is 0.684. The molecule has 2 aliphatic rings. The number of amides is 1. The Kier molecular flexibility index (Phi) is 3.32. The molecule has 86 valence electrons. The number of piperidine rings is 1. The molecule has 0 spiro atoms. The van der Waals surface area contributed by atoms with Crippen LogP contribution in [0, 0.1) is 17.8 Å². The predicted octanol–water partition coefficient (Wildman–Crippen LogP) is 2.68. The van der Waals surface area contributed by atoms with Crippen LogP contribution in [-0.4, -0.2) is 23.9 Å². The number of likely N-dealkylation sites (tertiary alicyclic amines) is 1. The molecule has 1 aliphatic carbocycles. The van der Waals surface area contributed by atoms with E-state index in [0.29, 0.717) is 11.8 Å². The van der Waals surface area contributed by atoms with E-state index in [1.165, 1.54) is 19.3 Å². The van der Waals surface area contributed by atoms with Crippen LogP contribution in [0.5, 0.6) is 0 Å². The molecule has 0 radical (unpaired) electrons. The fraction of sp³-hybridized carbons (Fsp3) is 0.923. The van der Waals surface area contributed by atoms with Crippen molar-refractivity contribution in [3.05, 3.63) is 0 Å². The molecule has 0 aromatic carbocycles. The van der Waals surface area contributed by atoms with E-state index in [-0.39, 0.29) is 0 Å². The van der Waals surface area contributed by atoms with Crippen LogP contribution >= 0.6 is 0 Å². The number of carbonyl (C=O) groups is 1. The van der Waals surface area contributed by atoms with E-state index in [9.17, 15) is 4.79 Å². The van der Waals surface area contributed by atoms with Crippen molar-refractivity contribution >= 4 is 5.91 Å². The van der Waals surface area contributed by atoms with E-state index in [0.717, 1.165) is 37.8 Å². The van der Waals surface area contributed by atoms with Gasteiger partial charge in [-0.2, -0.15) is 0 Å². The van der Waals surface area contributed by atoms with Gasteiger partial charge in [0.1, 0.15) is 0 Å². The Hall–Kier alpha value is -0.530. The molecule has 1 atom stereocenters. The monoisotopic (exact) mass is 209 g/mol. The van der Waals surface area contributed by atoms with Gasteiger partial charge in [-0.1, -0.05) is 20.3 Å². The fourth-order valence-corrected chi connectivity index (χ4v) is 2.67. The highest BCUT2D eigenvalue weighted by molar-refractivity contribution is 5.79. The molecule has 1 heterocycles. The standard InChI is InChI=1S/C13H23NO/c1-10(2)12-7-4-8-14(9-12)13(15)11-5-3-6-11/h10-12H,3-9H2,1-2H3/t12-/m1/s1. The van der Waals surface area contributed by atoms with Crippen LogP contribution in [0.25, 0.3) is 0 Å². The van der Waals surface area contributed by atoms with Gasteiger partial charge in [0.2, 0.25) is 5.91 Å². The predicted molar refractivity (Wildman–Crippen MR) is 61.5 cm³/mol. The molecule has 0 N–H and O–H groups in total. The van der Waals surface area contributed by atoms with E-state index in [1.807, 2.05) is 0 Å². The van der Waals surface area contributed by atoms with Crippen molar-refractivity contribution in [2.75, 3.05) is 13.1 Å². The van der Waals surface area contributed by atoms with Crippen LogP contribution in [0.15, 0.2) is 0 Å². The maximum absolute atomic E-state index is 12.1. The maximum Gasteiger partial charge on any atom is 0.225 e. The van der Waals surface area contributed by atoms with Gasteiger partial charge in [0.25, 0.3) is 0 Å². The van der Waals surface area contributed by atoms with E-state index in [4.69, 9.17) is 0 Å². The fourth-order valence-electron chi connectivity index (χ4n) is 2.67. The lowest BCUT2D eigenvalue weighted by molar-refractivity contribution is -0.140. The second kappa shape index (κ2) is 4.54. The zero-order valence-corrected chi connectivity index (χ0v) is 10.0. The second-order valence-electron chi connectivity index (χ2n) is 5.56. The Morgan fingerprint density at radius 2 is 1.93 bits per heavy atom. The van der Waals surface area contributed by atoms with E-state index >= 15 is 0 Å². The Balaban J connectivity index is 1.88. The van der Waals surface area contributed by atoms with Gasteiger partial charge in [-0.15, -0.1) is 0 Å². The Labute approximate surface area is 93.0 Å². The summed E-state index contributed by atoms with van der Waals surface area (Å²) >= 11 is 0. The Morgan fingerprint density at radius 1 is 1.20 bits per heavy atom. The van der Waals surface area contributed by atoms with Gasteiger partial charge in [-0.05, 0) is 37.5 Å². The van der Waals surface area contributed by atoms with Crippen molar-refractivity contribution in [3.8, 4) is 0 Å². The summed E-state index contributed by atoms with van der Waals surface area (Å²) in [7, 11) is 0. The van der Waals surface area contributed by atoms with Crippen molar-refractivity contribution in [3.63, 3.8) is 0 Å². The molecule has 2 nitrogen and oxygen atoms in total. The largest absolute Gasteiger partial charge is 0.342 e. The van der Waals surface area contributed by atoms with Crippen LogP contribution in [0.3, 0.4) is 0 Å². The molecule has 0 unspecified atom stereocenters. The lowest BCUT2D eigenvalue weighted by Crippen LogP contribution is -2.45.